The van der Waals surface area contributed by atoms with Crippen LogP contribution in [0.1, 0.15) is 15.9 Å². The lowest BCUT2D eigenvalue weighted by atomic mass is 10.2. The van der Waals surface area contributed by atoms with E-state index in [9.17, 15) is 18.0 Å². The van der Waals surface area contributed by atoms with Gasteiger partial charge in [0.25, 0.3) is 5.91 Å². The lowest BCUT2D eigenvalue weighted by Crippen LogP contribution is -2.34. The molecule has 9 nitrogen and oxygen atoms in total. The number of amides is 1. The SMILES string of the molecule is COc1ccc(C(=O)Oc2cccc(/C=N\NC(=O)CNS(=O)(=O)c3ccccc3)c2)cc1. The van der Waals surface area contributed by atoms with Crippen LogP contribution in [0.2, 0.25) is 0 Å². The summed E-state index contributed by atoms with van der Waals surface area (Å²) in [4.78, 5) is 24.2. The molecule has 0 unspecified atom stereocenters. The summed E-state index contributed by atoms with van der Waals surface area (Å²) in [7, 11) is -2.26. The Morgan fingerprint density at radius 1 is 0.939 bits per heavy atom. The van der Waals surface area contributed by atoms with Crippen LogP contribution < -0.4 is 19.6 Å². The first-order chi connectivity index (χ1) is 15.9. The molecule has 2 N–H and O–H groups in total. The smallest absolute Gasteiger partial charge is 0.343 e. The van der Waals surface area contributed by atoms with Gasteiger partial charge in [-0.1, -0.05) is 30.3 Å². The number of carbonyl (C=O) groups excluding carboxylic acids is 2. The van der Waals surface area contributed by atoms with Gasteiger partial charge >= 0.3 is 5.97 Å². The van der Waals surface area contributed by atoms with E-state index in [0.717, 1.165) is 0 Å². The van der Waals surface area contributed by atoms with Gasteiger partial charge < -0.3 is 9.47 Å². The molecule has 0 aliphatic rings. The number of hydrazone groups is 1. The molecular formula is C23H21N3O6S. The Labute approximate surface area is 191 Å². The number of esters is 1. The van der Waals surface area contributed by atoms with Gasteiger partial charge in [-0.05, 0) is 54.1 Å². The fourth-order valence-electron chi connectivity index (χ4n) is 2.61. The molecule has 0 heterocycles. The number of nitrogens with one attached hydrogen (secondary N) is 2. The number of carbonyl (C=O) groups is 2. The predicted molar refractivity (Wildman–Crippen MR) is 122 cm³/mol. The maximum absolute atomic E-state index is 12.3. The van der Waals surface area contributed by atoms with E-state index in [1.165, 1.54) is 25.5 Å². The number of hydrogen-bond acceptors (Lipinski definition) is 7. The summed E-state index contributed by atoms with van der Waals surface area (Å²) in [5.41, 5.74) is 3.15. The molecule has 1 amide bonds. The molecule has 3 aromatic carbocycles. The second-order valence-corrected chi connectivity index (χ2v) is 8.39. The molecule has 0 fully saturated rings. The van der Waals surface area contributed by atoms with Crippen LogP contribution >= 0.6 is 0 Å². The highest BCUT2D eigenvalue weighted by Gasteiger charge is 2.14. The quantitative estimate of drug-likeness (QED) is 0.216. The molecule has 0 saturated carbocycles. The predicted octanol–water partition coefficient (Wildman–Crippen LogP) is 2.34. The second-order valence-electron chi connectivity index (χ2n) is 6.62. The monoisotopic (exact) mass is 467 g/mol. The highest BCUT2D eigenvalue weighted by Crippen LogP contribution is 2.16. The average molecular weight is 468 g/mol. The van der Waals surface area contributed by atoms with Crippen LogP contribution in [0, 0.1) is 0 Å². The maximum Gasteiger partial charge on any atom is 0.343 e. The second kappa shape index (κ2) is 11.0. The summed E-state index contributed by atoms with van der Waals surface area (Å²) in [6, 6.07) is 20.7. The standard InChI is InChI=1S/C23H21N3O6S/c1-31-19-12-10-18(11-13-19)23(28)32-20-7-5-6-17(14-20)15-24-26-22(27)16-25-33(29,30)21-8-3-2-4-9-21/h2-15,25H,16H2,1H3,(H,26,27)/b24-15-. The minimum Gasteiger partial charge on any atom is -0.497 e. The van der Waals surface area contributed by atoms with Crippen molar-refractivity contribution in [3.8, 4) is 11.5 Å². The number of ether oxygens (including phenoxy) is 2. The molecule has 10 heteroatoms. The van der Waals surface area contributed by atoms with Crippen molar-refractivity contribution in [2.75, 3.05) is 13.7 Å². The lowest BCUT2D eigenvalue weighted by Gasteiger charge is -2.06. The van der Waals surface area contributed by atoms with Crippen molar-refractivity contribution in [2.45, 2.75) is 4.90 Å². The van der Waals surface area contributed by atoms with E-state index in [1.54, 1.807) is 66.7 Å². The molecule has 170 valence electrons. The Morgan fingerprint density at radius 3 is 2.36 bits per heavy atom. The Morgan fingerprint density at radius 2 is 1.67 bits per heavy atom. The molecule has 3 rings (SSSR count). The van der Waals surface area contributed by atoms with Crippen molar-refractivity contribution in [3.63, 3.8) is 0 Å². The van der Waals surface area contributed by atoms with Crippen molar-refractivity contribution < 1.29 is 27.5 Å². The summed E-state index contributed by atoms with van der Waals surface area (Å²) in [6.07, 6.45) is 1.34. The molecule has 33 heavy (non-hydrogen) atoms. The normalized spacial score (nSPS) is 11.2. The van der Waals surface area contributed by atoms with Crippen LogP contribution in [-0.4, -0.2) is 40.2 Å². The van der Waals surface area contributed by atoms with E-state index < -0.39 is 28.4 Å². The van der Waals surface area contributed by atoms with Crippen LogP contribution in [0.4, 0.5) is 0 Å². The molecule has 0 aromatic heterocycles. The van der Waals surface area contributed by atoms with Crippen molar-refractivity contribution in [1.82, 2.24) is 10.1 Å². The van der Waals surface area contributed by atoms with Crippen LogP contribution in [-0.2, 0) is 14.8 Å². The summed E-state index contributed by atoms with van der Waals surface area (Å²) < 4.78 is 36.8. The van der Waals surface area contributed by atoms with E-state index >= 15 is 0 Å². The third-order valence-electron chi connectivity index (χ3n) is 4.27. The van der Waals surface area contributed by atoms with E-state index in [0.29, 0.717) is 22.6 Å². The van der Waals surface area contributed by atoms with Gasteiger partial charge in [0.05, 0.1) is 30.3 Å². The van der Waals surface area contributed by atoms with E-state index in [4.69, 9.17) is 9.47 Å². The van der Waals surface area contributed by atoms with Crippen molar-refractivity contribution >= 4 is 28.1 Å². The zero-order valence-corrected chi connectivity index (χ0v) is 18.4. The minimum absolute atomic E-state index is 0.0577. The lowest BCUT2D eigenvalue weighted by molar-refractivity contribution is -0.119. The largest absolute Gasteiger partial charge is 0.497 e. The summed E-state index contributed by atoms with van der Waals surface area (Å²) in [5, 5.41) is 3.80. The molecule has 0 atom stereocenters. The summed E-state index contributed by atoms with van der Waals surface area (Å²) in [5.74, 6) is -0.264. The Kier molecular flexibility index (Phi) is 7.90. The number of nitrogens with zero attached hydrogens (tertiary/aromatic N) is 1. The number of sulfonamides is 1. The molecule has 0 aliphatic heterocycles. The number of benzene rings is 3. The fraction of sp³-hybridized carbons (Fsp3) is 0.0870. The summed E-state index contributed by atoms with van der Waals surface area (Å²) >= 11 is 0. The van der Waals surface area contributed by atoms with E-state index in [2.05, 4.69) is 15.2 Å². The van der Waals surface area contributed by atoms with Gasteiger partial charge in [0.1, 0.15) is 11.5 Å². The third-order valence-corrected chi connectivity index (χ3v) is 5.69. The fourth-order valence-corrected chi connectivity index (χ4v) is 3.62. The topological polar surface area (TPSA) is 123 Å². The van der Waals surface area contributed by atoms with Crippen LogP contribution in [0.5, 0.6) is 11.5 Å². The zero-order valence-electron chi connectivity index (χ0n) is 17.6. The first-order valence-corrected chi connectivity index (χ1v) is 11.2. The van der Waals surface area contributed by atoms with Gasteiger partial charge in [0.15, 0.2) is 0 Å². The molecule has 0 saturated heterocycles. The van der Waals surface area contributed by atoms with E-state index in [1.807, 2.05) is 0 Å². The van der Waals surface area contributed by atoms with Gasteiger partial charge in [-0.25, -0.2) is 23.4 Å². The molecule has 0 aliphatic carbocycles. The average Bonchev–Trinajstić information content (AvgIpc) is 2.84. The van der Waals surface area contributed by atoms with E-state index in [-0.39, 0.29) is 4.90 Å². The van der Waals surface area contributed by atoms with Gasteiger partial charge in [0, 0.05) is 0 Å². The molecule has 3 aromatic rings. The Bertz CT molecular complexity index is 1240. The van der Waals surface area contributed by atoms with Crippen LogP contribution in [0.3, 0.4) is 0 Å². The van der Waals surface area contributed by atoms with Gasteiger partial charge in [-0.3, -0.25) is 4.79 Å². The van der Waals surface area contributed by atoms with Crippen molar-refractivity contribution in [2.24, 2.45) is 5.10 Å². The Balaban J connectivity index is 1.52. The van der Waals surface area contributed by atoms with Gasteiger partial charge in [-0.15, -0.1) is 0 Å². The number of hydrogen-bond donors (Lipinski definition) is 2. The number of rotatable bonds is 9. The zero-order chi connectivity index (χ0) is 23.7. The van der Waals surface area contributed by atoms with Crippen molar-refractivity contribution in [3.05, 3.63) is 90.0 Å². The first-order valence-electron chi connectivity index (χ1n) is 9.70. The molecule has 0 radical (unpaired) electrons. The third kappa shape index (κ3) is 6.99. The Hall–Kier alpha value is -4.02. The minimum atomic E-state index is -3.79. The van der Waals surface area contributed by atoms with Crippen molar-refractivity contribution in [1.29, 1.82) is 0 Å². The highest BCUT2D eigenvalue weighted by molar-refractivity contribution is 7.89. The number of methoxy groups -OCH3 is 1. The van der Waals surface area contributed by atoms with Crippen LogP contribution in [0.15, 0.2) is 88.9 Å². The first kappa shape index (κ1) is 23.6. The van der Waals surface area contributed by atoms with Crippen LogP contribution in [0.25, 0.3) is 0 Å². The molecular weight excluding hydrogens is 446 g/mol. The summed E-state index contributed by atoms with van der Waals surface area (Å²) in [6.45, 7) is -0.478. The maximum atomic E-state index is 12.3. The van der Waals surface area contributed by atoms with Gasteiger partial charge in [0.2, 0.25) is 10.0 Å². The van der Waals surface area contributed by atoms with Gasteiger partial charge in [-0.2, -0.15) is 5.10 Å². The molecule has 0 spiro atoms. The highest BCUT2D eigenvalue weighted by atomic mass is 32.2. The molecule has 0 bridgehead atoms.